The van der Waals surface area contributed by atoms with Crippen molar-refractivity contribution in [2.45, 2.75) is 0 Å². The van der Waals surface area contributed by atoms with Crippen LogP contribution >= 0.6 is 0 Å². The average Bonchev–Trinajstić information content (AvgIpc) is 2.14. The van der Waals surface area contributed by atoms with Gasteiger partial charge in [0, 0.05) is 6.54 Å². The SMILES string of the molecule is O=[C]C1=CCNN1. The third kappa shape index (κ3) is 0.778. The number of allylic oxidation sites excluding steroid dienone is 1. The van der Waals surface area contributed by atoms with Crippen LogP contribution in [0.5, 0.6) is 0 Å². The Morgan fingerprint density at radius 3 is 3.00 bits per heavy atom. The first kappa shape index (κ1) is 4.33. The molecule has 0 aromatic heterocycles. The molecule has 0 atom stereocenters. The van der Waals surface area contributed by atoms with Crippen molar-refractivity contribution in [1.82, 2.24) is 10.9 Å². The molecule has 0 aliphatic carbocycles. The molecule has 2 N–H and O–H groups in total. The van der Waals surface area contributed by atoms with E-state index in [1.807, 2.05) is 0 Å². The van der Waals surface area contributed by atoms with E-state index >= 15 is 0 Å². The van der Waals surface area contributed by atoms with Crippen molar-refractivity contribution in [1.29, 1.82) is 0 Å². The number of carbonyl (C=O) groups excluding carboxylic acids is 1. The Morgan fingerprint density at radius 2 is 2.71 bits per heavy atom. The molecular weight excluding hydrogens is 92.1 g/mol. The normalized spacial score (nSPS) is 18.0. The molecule has 1 radical (unpaired) electrons. The molecule has 3 heteroatoms. The minimum Gasteiger partial charge on any atom is -0.318 e. The minimum absolute atomic E-state index is 0.500. The van der Waals surface area contributed by atoms with Crippen LogP contribution in [-0.2, 0) is 4.79 Å². The van der Waals surface area contributed by atoms with E-state index in [9.17, 15) is 4.79 Å². The summed E-state index contributed by atoms with van der Waals surface area (Å²) in [6.07, 6.45) is 3.43. The number of hydrogen-bond donors (Lipinski definition) is 2. The fourth-order valence-corrected chi connectivity index (χ4v) is 0.418. The zero-order valence-electron chi connectivity index (χ0n) is 3.69. The molecule has 7 heavy (non-hydrogen) atoms. The molecule has 0 spiro atoms. The van der Waals surface area contributed by atoms with Gasteiger partial charge >= 0.3 is 0 Å². The van der Waals surface area contributed by atoms with E-state index in [-0.39, 0.29) is 0 Å². The Hall–Kier alpha value is -0.830. The first-order valence-electron chi connectivity index (χ1n) is 2.00. The summed E-state index contributed by atoms with van der Waals surface area (Å²) in [4.78, 5) is 9.71. The van der Waals surface area contributed by atoms with Crippen LogP contribution in [0.2, 0.25) is 0 Å². The molecule has 0 unspecified atom stereocenters. The van der Waals surface area contributed by atoms with Gasteiger partial charge in [-0.25, -0.2) is 5.43 Å². The largest absolute Gasteiger partial charge is 0.318 e. The van der Waals surface area contributed by atoms with Crippen LogP contribution in [0.3, 0.4) is 0 Å². The first-order valence-corrected chi connectivity index (χ1v) is 2.00. The summed E-state index contributed by atoms with van der Waals surface area (Å²) in [6.45, 7) is 0.713. The molecule has 0 fully saturated rings. The second kappa shape index (κ2) is 1.75. The lowest BCUT2D eigenvalue weighted by Crippen LogP contribution is -2.23. The van der Waals surface area contributed by atoms with Crippen molar-refractivity contribution in [2.24, 2.45) is 0 Å². The highest BCUT2D eigenvalue weighted by atomic mass is 16.1. The number of nitrogens with one attached hydrogen (secondary N) is 2. The summed E-state index contributed by atoms with van der Waals surface area (Å²) in [5.74, 6) is 0. The van der Waals surface area contributed by atoms with E-state index in [2.05, 4.69) is 10.9 Å². The molecule has 0 saturated heterocycles. The minimum atomic E-state index is 0.500. The molecule has 1 heterocycles. The van der Waals surface area contributed by atoms with Gasteiger partial charge in [0.2, 0.25) is 0 Å². The quantitative estimate of drug-likeness (QED) is 0.445. The van der Waals surface area contributed by atoms with Gasteiger partial charge in [0.25, 0.3) is 6.29 Å². The van der Waals surface area contributed by atoms with E-state index in [1.165, 1.54) is 0 Å². The summed E-state index contributed by atoms with van der Waals surface area (Å²) in [5, 5.41) is 0. The number of rotatable bonds is 1. The summed E-state index contributed by atoms with van der Waals surface area (Å²) in [6, 6.07) is 0. The van der Waals surface area contributed by atoms with Gasteiger partial charge in [-0.3, -0.25) is 4.79 Å². The Balaban J connectivity index is 2.51. The average molecular weight is 97.1 g/mol. The van der Waals surface area contributed by atoms with Gasteiger partial charge in [0.1, 0.15) is 0 Å². The van der Waals surface area contributed by atoms with Crippen molar-refractivity contribution in [2.75, 3.05) is 6.54 Å². The second-order valence-electron chi connectivity index (χ2n) is 1.23. The van der Waals surface area contributed by atoms with Gasteiger partial charge in [0.15, 0.2) is 0 Å². The van der Waals surface area contributed by atoms with E-state index in [1.54, 1.807) is 12.4 Å². The standard InChI is InChI=1S/C4H5N2O/c7-3-4-1-2-5-6-4/h1,5-6H,2H2. The van der Waals surface area contributed by atoms with Crippen LogP contribution < -0.4 is 10.9 Å². The van der Waals surface area contributed by atoms with Crippen LogP contribution in [0.4, 0.5) is 0 Å². The number of hydrazine groups is 1. The summed E-state index contributed by atoms with van der Waals surface area (Å²) in [5.41, 5.74) is 5.81. The number of hydrogen-bond acceptors (Lipinski definition) is 3. The fourth-order valence-electron chi connectivity index (χ4n) is 0.418. The Bertz CT molecular complexity index is 108. The highest BCUT2D eigenvalue weighted by Gasteiger charge is 1.97. The molecule has 0 amide bonds. The van der Waals surface area contributed by atoms with Crippen LogP contribution in [0.15, 0.2) is 11.8 Å². The van der Waals surface area contributed by atoms with Gasteiger partial charge < -0.3 is 5.43 Å². The molecule has 0 saturated carbocycles. The molecule has 0 aromatic carbocycles. The van der Waals surface area contributed by atoms with Gasteiger partial charge in [0.05, 0.1) is 5.70 Å². The van der Waals surface area contributed by atoms with Crippen molar-refractivity contribution in [3.05, 3.63) is 11.8 Å². The van der Waals surface area contributed by atoms with Crippen LogP contribution in [0.25, 0.3) is 0 Å². The maximum Gasteiger partial charge on any atom is 0.251 e. The predicted octanol–water partition coefficient (Wildman–Crippen LogP) is -0.912. The lowest BCUT2D eigenvalue weighted by molar-refractivity contribution is 0.556. The molecule has 1 aliphatic rings. The zero-order chi connectivity index (χ0) is 5.11. The highest BCUT2D eigenvalue weighted by molar-refractivity contribution is 5.73. The second-order valence-corrected chi connectivity index (χ2v) is 1.23. The van der Waals surface area contributed by atoms with Gasteiger partial charge in [-0.1, -0.05) is 0 Å². The first-order chi connectivity index (χ1) is 3.43. The Morgan fingerprint density at radius 1 is 1.86 bits per heavy atom. The summed E-state index contributed by atoms with van der Waals surface area (Å²) >= 11 is 0. The molecule has 1 aliphatic heterocycles. The smallest absolute Gasteiger partial charge is 0.251 e. The van der Waals surface area contributed by atoms with Crippen LogP contribution in [0, 0.1) is 0 Å². The summed E-state index contributed by atoms with van der Waals surface area (Å²) < 4.78 is 0. The monoisotopic (exact) mass is 97.0 g/mol. The van der Waals surface area contributed by atoms with E-state index in [0.29, 0.717) is 12.2 Å². The Kier molecular flexibility index (Phi) is 1.08. The van der Waals surface area contributed by atoms with Crippen molar-refractivity contribution in [3.63, 3.8) is 0 Å². The maximum atomic E-state index is 9.71. The van der Waals surface area contributed by atoms with Crippen molar-refractivity contribution < 1.29 is 4.79 Å². The van der Waals surface area contributed by atoms with Crippen molar-refractivity contribution >= 4 is 6.29 Å². The van der Waals surface area contributed by atoms with Gasteiger partial charge in [-0.05, 0) is 6.08 Å². The highest BCUT2D eigenvalue weighted by Crippen LogP contribution is 1.84. The van der Waals surface area contributed by atoms with Crippen molar-refractivity contribution in [3.8, 4) is 0 Å². The molecule has 1 rings (SSSR count). The molecule has 0 aromatic rings. The molecule has 37 valence electrons. The predicted molar refractivity (Wildman–Crippen MR) is 24.9 cm³/mol. The van der Waals surface area contributed by atoms with E-state index in [4.69, 9.17) is 0 Å². The maximum absolute atomic E-state index is 9.71. The topological polar surface area (TPSA) is 41.1 Å². The van der Waals surface area contributed by atoms with Crippen LogP contribution in [0.1, 0.15) is 0 Å². The molecule has 0 bridgehead atoms. The third-order valence-corrected chi connectivity index (χ3v) is 0.741. The van der Waals surface area contributed by atoms with E-state index < -0.39 is 0 Å². The molecule has 3 nitrogen and oxygen atoms in total. The van der Waals surface area contributed by atoms with Crippen LogP contribution in [-0.4, -0.2) is 12.8 Å². The third-order valence-electron chi connectivity index (χ3n) is 0.741. The summed E-state index contributed by atoms with van der Waals surface area (Å²) in [7, 11) is 0. The Labute approximate surface area is 41.4 Å². The van der Waals surface area contributed by atoms with Gasteiger partial charge in [-0.15, -0.1) is 0 Å². The lowest BCUT2D eigenvalue weighted by atomic mass is 10.5. The fraction of sp³-hybridized carbons (Fsp3) is 0.250. The zero-order valence-corrected chi connectivity index (χ0v) is 3.69. The lowest BCUT2D eigenvalue weighted by Gasteiger charge is -1.89. The van der Waals surface area contributed by atoms with Gasteiger partial charge in [-0.2, -0.15) is 0 Å². The van der Waals surface area contributed by atoms with E-state index in [0.717, 1.165) is 0 Å². The molecular formula is C4H5N2O.